The van der Waals surface area contributed by atoms with Gasteiger partial charge in [-0.2, -0.15) is 0 Å². The Labute approximate surface area is 92.0 Å². The van der Waals surface area contributed by atoms with E-state index < -0.39 is 0 Å². The third-order valence-electron chi connectivity index (χ3n) is 2.15. The van der Waals surface area contributed by atoms with Crippen molar-refractivity contribution in [1.82, 2.24) is 9.36 Å². The zero-order valence-electron chi connectivity index (χ0n) is 8.30. The molecule has 2 aromatic rings. The van der Waals surface area contributed by atoms with Crippen LogP contribution >= 0.6 is 11.5 Å². The molecular formula is C11H10N2OS. The van der Waals surface area contributed by atoms with Gasteiger partial charge in [0, 0.05) is 12.4 Å². The highest BCUT2D eigenvalue weighted by Gasteiger charge is 2.14. The van der Waals surface area contributed by atoms with Crippen molar-refractivity contribution in [3.63, 3.8) is 0 Å². The fourth-order valence-corrected chi connectivity index (χ4v) is 1.91. The zero-order valence-corrected chi connectivity index (χ0v) is 9.12. The third-order valence-corrected chi connectivity index (χ3v) is 2.89. The molecule has 0 aliphatic heterocycles. The van der Waals surface area contributed by atoms with E-state index in [2.05, 4.69) is 9.36 Å². The first-order chi connectivity index (χ1) is 7.33. The second-order valence-corrected chi connectivity index (χ2v) is 3.90. The van der Waals surface area contributed by atoms with Gasteiger partial charge in [0.25, 0.3) is 0 Å². The van der Waals surface area contributed by atoms with E-state index in [1.54, 1.807) is 18.5 Å². The normalized spacial score (nSPS) is 10.2. The number of pyridine rings is 1. The molecule has 15 heavy (non-hydrogen) atoms. The summed E-state index contributed by atoms with van der Waals surface area (Å²) < 4.78 is 3.92. The highest BCUT2D eigenvalue weighted by atomic mass is 32.1. The van der Waals surface area contributed by atoms with Crippen molar-refractivity contribution >= 4 is 17.3 Å². The van der Waals surface area contributed by atoms with Crippen LogP contribution in [0.2, 0.25) is 0 Å². The molecule has 2 rings (SSSR count). The van der Waals surface area contributed by atoms with E-state index in [9.17, 15) is 4.79 Å². The van der Waals surface area contributed by atoms with Gasteiger partial charge in [-0.1, -0.05) is 13.0 Å². The molecule has 0 spiro atoms. The second-order valence-electron chi connectivity index (χ2n) is 3.07. The molecule has 0 saturated carbocycles. The molecule has 2 heterocycles. The van der Waals surface area contributed by atoms with Crippen molar-refractivity contribution in [3.8, 4) is 0 Å². The molecule has 0 bridgehead atoms. The average molecular weight is 218 g/mol. The van der Waals surface area contributed by atoms with Gasteiger partial charge >= 0.3 is 0 Å². The topological polar surface area (TPSA) is 42.9 Å². The zero-order chi connectivity index (χ0) is 10.7. The molecule has 0 aliphatic rings. The Morgan fingerprint density at radius 2 is 2.27 bits per heavy atom. The van der Waals surface area contributed by atoms with Crippen molar-refractivity contribution in [1.29, 1.82) is 0 Å². The second kappa shape index (κ2) is 4.31. The number of aryl methyl sites for hydroxylation is 1. The van der Waals surface area contributed by atoms with Crippen molar-refractivity contribution in [2.24, 2.45) is 0 Å². The lowest BCUT2D eigenvalue weighted by Crippen LogP contribution is -2.05. The number of carbonyl (C=O) groups excluding carboxylic acids is 1. The Morgan fingerprint density at radius 3 is 2.93 bits per heavy atom. The maximum atomic E-state index is 12.0. The summed E-state index contributed by atoms with van der Waals surface area (Å²) in [6.45, 7) is 2.01. The first-order valence-corrected chi connectivity index (χ1v) is 5.49. The standard InChI is InChI=1S/C11H10N2OS/c1-2-8-4-3-6-12-10(8)11(14)9-5-7-13-15-9/h3-7H,2H2,1H3. The van der Waals surface area contributed by atoms with Crippen LogP contribution in [0.25, 0.3) is 0 Å². The van der Waals surface area contributed by atoms with Crippen LogP contribution in [0.1, 0.15) is 27.9 Å². The summed E-state index contributed by atoms with van der Waals surface area (Å²) in [6.07, 6.45) is 4.09. The molecule has 3 nitrogen and oxygen atoms in total. The van der Waals surface area contributed by atoms with E-state index in [1.807, 2.05) is 19.1 Å². The van der Waals surface area contributed by atoms with Gasteiger partial charge in [0.2, 0.25) is 5.78 Å². The Hall–Kier alpha value is -1.55. The van der Waals surface area contributed by atoms with Crippen LogP contribution in [-0.2, 0) is 6.42 Å². The van der Waals surface area contributed by atoms with Gasteiger partial charge < -0.3 is 0 Å². The first kappa shape index (κ1) is 9.98. The van der Waals surface area contributed by atoms with E-state index in [0.717, 1.165) is 12.0 Å². The molecule has 0 aromatic carbocycles. The van der Waals surface area contributed by atoms with E-state index in [0.29, 0.717) is 10.6 Å². The summed E-state index contributed by atoms with van der Waals surface area (Å²) in [4.78, 5) is 16.8. The fraction of sp³-hybridized carbons (Fsp3) is 0.182. The predicted octanol–water partition coefficient (Wildman–Crippen LogP) is 2.33. The number of rotatable bonds is 3. The molecule has 0 amide bonds. The van der Waals surface area contributed by atoms with Gasteiger partial charge in [0.1, 0.15) is 5.69 Å². The lowest BCUT2D eigenvalue weighted by atomic mass is 10.1. The molecule has 0 fully saturated rings. The van der Waals surface area contributed by atoms with Crippen LogP contribution in [0.3, 0.4) is 0 Å². The highest BCUT2D eigenvalue weighted by Crippen LogP contribution is 2.14. The quantitative estimate of drug-likeness (QED) is 0.742. The number of carbonyl (C=O) groups is 1. The molecule has 0 radical (unpaired) electrons. The van der Waals surface area contributed by atoms with E-state index in [4.69, 9.17) is 0 Å². The predicted molar refractivity (Wildman–Crippen MR) is 59.2 cm³/mol. The molecule has 76 valence electrons. The smallest absolute Gasteiger partial charge is 0.223 e. The molecule has 0 aliphatic carbocycles. The number of hydrogen-bond donors (Lipinski definition) is 0. The highest BCUT2D eigenvalue weighted by molar-refractivity contribution is 7.08. The van der Waals surface area contributed by atoms with Crippen LogP contribution in [0.5, 0.6) is 0 Å². The third kappa shape index (κ3) is 1.94. The molecule has 0 N–H and O–H groups in total. The van der Waals surface area contributed by atoms with E-state index in [1.165, 1.54) is 11.5 Å². The van der Waals surface area contributed by atoms with E-state index in [-0.39, 0.29) is 5.78 Å². The lowest BCUT2D eigenvalue weighted by Gasteiger charge is -2.02. The Morgan fingerprint density at radius 1 is 1.40 bits per heavy atom. The van der Waals surface area contributed by atoms with Crippen LogP contribution in [-0.4, -0.2) is 15.1 Å². The van der Waals surface area contributed by atoms with Gasteiger partial charge in [-0.05, 0) is 35.6 Å². The van der Waals surface area contributed by atoms with Gasteiger partial charge in [-0.3, -0.25) is 9.78 Å². The summed E-state index contributed by atoms with van der Waals surface area (Å²) in [6, 6.07) is 5.50. The number of hydrogen-bond acceptors (Lipinski definition) is 4. The maximum Gasteiger partial charge on any atom is 0.223 e. The summed E-state index contributed by atoms with van der Waals surface area (Å²) in [5.74, 6) is -0.0325. The largest absolute Gasteiger partial charge is 0.286 e. The Balaban J connectivity index is 2.42. The Kier molecular flexibility index (Phi) is 2.87. The molecular weight excluding hydrogens is 208 g/mol. The summed E-state index contributed by atoms with van der Waals surface area (Å²) in [7, 11) is 0. The molecule has 2 aromatic heterocycles. The van der Waals surface area contributed by atoms with Crippen LogP contribution in [0, 0.1) is 0 Å². The minimum absolute atomic E-state index is 0.0325. The number of ketones is 1. The van der Waals surface area contributed by atoms with Crippen molar-refractivity contribution in [3.05, 3.63) is 46.7 Å². The van der Waals surface area contributed by atoms with Crippen molar-refractivity contribution in [2.75, 3.05) is 0 Å². The summed E-state index contributed by atoms with van der Waals surface area (Å²) in [5, 5.41) is 0. The monoisotopic (exact) mass is 218 g/mol. The molecule has 0 saturated heterocycles. The van der Waals surface area contributed by atoms with Gasteiger partial charge in [0.15, 0.2) is 0 Å². The van der Waals surface area contributed by atoms with Gasteiger partial charge in [-0.25, -0.2) is 4.37 Å². The van der Waals surface area contributed by atoms with Crippen molar-refractivity contribution < 1.29 is 4.79 Å². The summed E-state index contributed by atoms with van der Waals surface area (Å²) >= 11 is 1.21. The van der Waals surface area contributed by atoms with Gasteiger partial charge in [0.05, 0.1) is 4.88 Å². The average Bonchev–Trinajstić information content (AvgIpc) is 2.81. The molecule has 4 heteroatoms. The minimum Gasteiger partial charge on any atom is -0.286 e. The fourth-order valence-electron chi connectivity index (χ4n) is 1.38. The van der Waals surface area contributed by atoms with Crippen LogP contribution in [0.15, 0.2) is 30.6 Å². The first-order valence-electron chi connectivity index (χ1n) is 4.72. The van der Waals surface area contributed by atoms with Crippen LogP contribution in [0.4, 0.5) is 0 Å². The maximum absolute atomic E-state index is 12.0. The van der Waals surface area contributed by atoms with Gasteiger partial charge in [-0.15, -0.1) is 0 Å². The van der Waals surface area contributed by atoms with Crippen molar-refractivity contribution in [2.45, 2.75) is 13.3 Å². The minimum atomic E-state index is -0.0325. The SMILES string of the molecule is CCc1cccnc1C(=O)c1ccns1. The lowest BCUT2D eigenvalue weighted by molar-refractivity contribution is 0.103. The number of aromatic nitrogens is 2. The molecule has 0 atom stereocenters. The Bertz CT molecular complexity index is 465. The van der Waals surface area contributed by atoms with Crippen LogP contribution < -0.4 is 0 Å². The molecule has 0 unspecified atom stereocenters. The number of nitrogens with zero attached hydrogens (tertiary/aromatic N) is 2. The van der Waals surface area contributed by atoms with E-state index >= 15 is 0 Å². The summed E-state index contributed by atoms with van der Waals surface area (Å²) in [5.41, 5.74) is 1.53.